The molecule has 0 aliphatic rings. The van der Waals surface area contributed by atoms with E-state index in [0.717, 1.165) is 11.9 Å². The lowest BCUT2D eigenvalue weighted by Crippen LogP contribution is -2.20. The van der Waals surface area contributed by atoms with Crippen LogP contribution in [0.25, 0.3) is 0 Å². The minimum absolute atomic E-state index is 0.0781. The van der Waals surface area contributed by atoms with Gasteiger partial charge < -0.3 is 14.4 Å². The number of hydrogen-bond donors (Lipinski definition) is 0. The van der Waals surface area contributed by atoms with Crippen molar-refractivity contribution in [3.05, 3.63) is 36.0 Å². The van der Waals surface area contributed by atoms with E-state index in [0.29, 0.717) is 18.9 Å². The second kappa shape index (κ2) is 8.04. The van der Waals surface area contributed by atoms with Gasteiger partial charge >= 0.3 is 6.18 Å². The molecule has 2 aromatic rings. The first kappa shape index (κ1) is 18.8. The summed E-state index contributed by atoms with van der Waals surface area (Å²) in [6, 6.07) is 7.18. The molecule has 0 N–H and O–H groups in total. The number of ether oxygens (including phenoxy) is 2. The lowest BCUT2D eigenvalue weighted by Gasteiger charge is -2.22. The molecule has 136 valence electrons. The van der Waals surface area contributed by atoms with Crippen LogP contribution in [0, 0.1) is 0 Å². The molecule has 0 saturated carbocycles. The number of rotatable bonds is 7. The number of halogens is 3. The molecule has 1 aromatic heterocycles. The zero-order valence-electron chi connectivity index (χ0n) is 14.3. The Bertz CT molecular complexity index is 691. The molecule has 0 aliphatic heterocycles. The van der Waals surface area contributed by atoms with Gasteiger partial charge in [0.15, 0.2) is 0 Å². The number of hydrogen-bond acceptors (Lipinski definition) is 5. The maximum absolute atomic E-state index is 13.0. The van der Waals surface area contributed by atoms with Crippen LogP contribution in [-0.2, 0) is 6.18 Å². The van der Waals surface area contributed by atoms with Crippen molar-refractivity contribution >= 4 is 11.6 Å². The van der Waals surface area contributed by atoms with Crippen molar-refractivity contribution in [1.82, 2.24) is 9.97 Å². The summed E-state index contributed by atoms with van der Waals surface area (Å²) in [5.41, 5.74) is -0.242. The summed E-state index contributed by atoms with van der Waals surface area (Å²) in [4.78, 5) is 9.55. The normalized spacial score (nSPS) is 11.3. The Labute approximate surface area is 144 Å². The van der Waals surface area contributed by atoms with E-state index in [2.05, 4.69) is 9.97 Å². The monoisotopic (exact) mass is 355 g/mol. The Hall–Kier alpha value is -2.51. The molecular formula is C17H20F3N3O2. The maximum Gasteiger partial charge on any atom is 0.423 e. The molecule has 2 rings (SSSR count). The average Bonchev–Trinajstić information content (AvgIpc) is 2.57. The van der Waals surface area contributed by atoms with Gasteiger partial charge in [-0.15, -0.1) is 0 Å². The summed E-state index contributed by atoms with van der Waals surface area (Å²) in [6.45, 7) is 6.46. The summed E-state index contributed by atoms with van der Waals surface area (Å²) in [5.74, 6) is 0.387. The van der Waals surface area contributed by atoms with Crippen molar-refractivity contribution in [2.75, 3.05) is 24.7 Å². The molecule has 5 nitrogen and oxygen atoms in total. The van der Waals surface area contributed by atoms with Crippen LogP contribution >= 0.6 is 0 Å². The maximum atomic E-state index is 13.0. The molecule has 0 radical (unpaired) electrons. The molecule has 1 aromatic carbocycles. The topological polar surface area (TPSA) is 47.5 Å². The van der Waals surface area contributed by atoms with Gasteiger partial charge in [0.2, 0.25) is 11.8 Å². The largest absolute Gasteiger partial charge is 0.494 e. The summed E-state index contributed by atoms with van der Waals surface area (Å²) in [6.07, 6.45) is -3.82. The first-order chi connectivity index (χ1) is 11.9. The van der Waals surface area contributed by atoms with Crippen LogP contribution in [-0.4, -0.2) is 29.7 Å². The average molecular weight is 355 g/mol. The zero-order chi connectivity index (χ0) is 18.4. The van der Waals surface area contributed by atoms with Crippen molar-refractivity contribution in [2.24, 2.45) is 0 Å². The van der Waals surface area contributed by atoms with Crippen LogP contribution in [0.1, 0.15) is 26.3 Å². The molecule has 0 fully saturated rings. The highest BCUT2D eigenvalue weighted by molar-refractivity contribution is 5.58. The van der Waals surface area contributed by atoms with Crippen LogP contribution < -0.4 is 14.4 Å². The highest BCUT2D eigenvalue weighted by Crippen LogP contribution is 2.36. The molecule has 0 unspecified atom stereocenters. The van der Waals surface area contributed by atoms with Crippen molar-refractivity contribution in [2.45, 2.75) is 26.9 Å². The second-order valence-corrected chi connectivity index (χ2v) is 4.99. The van der Waals surface area contributed by atoms with Gasteiger partial charge in [-0.3, -0.25) is 0 Å². The fourth-order valence-electron chi connectivity index (χ4n) is 2.26. The van der Waals surface area contributed by atoms with Gasteiger partial charge in [-0.1, -0.05) is 0 Å². The van der Waals surface area contributed by atoms with Crippen molar-refractivity contribution in [1.29, 1.82) is 0 Å². The number of anilines is 2. The van der Waals surface area contributed by atoms with Gasteiger partial charge in [0.05, 0.1) is 13.2 Å². The van der Waals surface area contributed by atoms with Crippen LogP contribution in [0.5, 0.6) is 11.6 Å². The van der Waals surface area contributed by atoms with Gasteiger partial charge in [0, 0.05) is 18.4 Å². The quantitative estimate of drug-likeness (QED) is 0.734. The van der Waals surface area contributed by atoms with Gasteiger partial charge in [-0.05, 0) is 45.0 Å². The van der Waals surface area contributed by atoms with Gasteiger partial charge in [-0.25, -0.2) is 4.98 Å². The van der Waals surface area contributed by atoms with Crippen LogP contribution in [0.15, 0.2) is 30.5 Å². The fraction of sp³-hybridized carbons (Fsp3) is 0.412. The van der Waals surface area contributed by atoms with E-state index in [1.807, 2.05) is 13.8 Å². The second-order valence-electron chi connectivity index (χ2n) is 4.99. The van der Waals surface area contributed by atoms with E-state index < -0.39 is 17.6 Å². The van der Waals surface area contributed by atoms with Crippen molar-refractivity contribution in [3.8, 4) is 11.6 Å². The first-order valence-corrected chi connectivity index (χ1v) is 7.98. The lowest BCUT2D eigenvalue weighted by molar-refractivity contribution is -0.139. The SMILES string of the molecule is CCOc1ccc(N(CC)c2ncc(C(F)(F)F)c(OCC)n2)cc1. The predicted molar refractivity (Wildman–Crippen MR) is 88.5 cm³/mol. The van der Waals surface area contributed by atoms with E-state index in [-0.39, 0.29) is 12.6 Å². The van der Waals surface area contributed by atoms with E-state index in [9.17, 15) is 13.2 Å². The van der Waals surface area contributed by atoms with Gasteiger partial charge in [0.25, 0.3) is 0 Å². The summed E-state index contributed by atoms with van der Waals surface area (Å²) in [5, 5.41) is 0. The van der Waals surface area contributed by atoms with Crippen molar-refractivity contribution in [3.63, 3.8) is 0 Å². The number of alkyl halides is 3. The third-order valence-corrected chi connectivity index (χ3v) is 3.34. The van der Waals surface area contributed by atoms with E-state index >= 15 is 0 Å². The standard InChI is InChI=1S/C17H20F3N3O2/c1-4-23(12-7-9-13(10-8-12)24-5-2)16-21-11-14(17(18,19)20)15(22-16)25-6-3/h7-11H,4-6H2,1-3H3. The Morgan fingerprint density at radius 3 is 2.16 bits per heavy atom. The van der Waals surface area contributed by atoms with Crippen LogP contribution in [0.2, 0.25) is 0 Å². The van der Waals surface area contributed by atoms with Crippen LogP contribution in [0.4, 0.5) is 24.8 Å². The smallest absolute Gasteiger partial charge is 0.423 e. The van der Waals surface area contributed by atoms with E-state index in [4.69, 9.17) is 9.47 Å². The number of nitrogens with zero attached hydrogens (tertiary/aromatic N) is 3. The number of aromatic nitrogens is 2. The third kappa shape index (κ3) is 4.52. The molecule has 0 amide bonds. The minimum Gasteiger partial charge on any atom is -0.494 e. The van der Waals surface area contributed by atoms with Gasteiger partial charge in [0.1, 0.15) is 11.3 Å². The molecule has 0 saturated heterocycles. The third-order valence-electron chi connectivity index (χ3n) is 3.34. The molecule has 1 heterocycles. The summed E-state index contributed by atoms with van der Waals surface area (Å²) >= 11 is 0. The molecule has 0 atom stereocenters. The Kier molecular flexibility index (Phi) is 6.06. The first-order valence-electron chi connectivity index (χ1n) is 7.98. The van der Waals surface area contributed by atoms with Gasteiger partial charge in [-0.2, -0.15) is 18.2 Å². The lowest BCUT2D eigenvalue weighted by atomic mass is 10.2. The highest BCUT2D eigenvalue weighted by atomic mass is 19.4. The molecule has 0 bridgehead atoms. The zero-order valence-corrected chi connectivity index (χ0v) is 14.3. The van der Waals surface area contributed by atoms with E-state index in [1.165, 1.54) is 0 Å². The molecule has 0 spiro atoms. The minimum atomic E-state index is -4.57. The molecule has 0 aliphatic carbocycles. The van der Waals surface area contributed by atoms with E-state index in [1.54, 1.807) is 36.1 Å². The predicted octanol–water partition coefficient (Wildman–Crippen LogP) is 4.45. The summed E-state index contributed by atoms with van der Waals surface area (Å²) in [7, 11) is 0. The summed E-state index contributed by atoms with van der Waals surface area (Å²) < 4.78 is 49.6. The molecule has 8 heteroatoms. The Morgan fingerprint density at radius 2 is 1.64 bits per heavy atom. The molecular weight excluding hydrogens is 335 g/mol. The molecule has 25 heavy (non-hydrogen) atoms. The highest BCUT2D eigenvalue weighted by Gasteiger charge is 2.36. The van der Waals surface area contributed by atoms with Crippen molar-refractivity contribution < 1.29 is 22.6 Å². The Balaban J connectivity index is 2.38. The number of benzene rings is 1. The fourth-order valence-corrected chi connectivity index (χ4v) is 2.26. The Morgan fingerprint density at radius 1 is 1.00 bits per heavy atom. The van der Waals surface area contributed by atoms with Crippen LogP contribution in [0.3, 0.4) is 0 Å².